The van der Waals surface area contributed by atoms with E-state index in [1.807, 2.05) is 35.1 Å². The van der Waals surface area contributed by atoms with E-state index in [2.05, 4.69) is 27.3 Å². The maximum Gasteiger partial charge on any atom is 0.323 e. The minimum Gasteiger partial charge on any atom is -0.307 e. The second-order valence-corrected chi connectivity index (χ2v) is 4.70. The maximum absolute atomic E-state index is 11.2. The number of nitrogens with one attached hydrogen (secondary N) is 3. The second-order valence-electron chi connectivity index (χ2n) is 4.70. The molecule has 0 spiro atoms. The summed E-state index contributed by atoms with van der Waals surface area (Å²) in [5.41, 5.74) is 3.81. The monoisotopic (exact) mass is 271 g/mol. The molecule has 2 heterocycles. The standard InChI is InChI=1S/C14H17N5O/c1-2-19-11(5-6-16-19)9-15-8-10-3-4-12-13(7-10)18-14(20)17-12/h3-7,15H,2,8-9H2,1H3,(H2,17,18,20). The molecule has 0 amide bonds. The number of hydrogen-bond acceptors (Lipinski definition) is 3. The van der Waals surface area contributed by atoms with Crippen molar-refractivity contribution in [1.29, 1.82) is 0 Å². The fourth-order valence-corrected chi connectivity index (χ4v) is 2.32. The maximum atomic E-state index is 11.2. The smallest absolute Gasteiger partial charge is 0.307 e. The van der Waals surface area contributed by atoms with Crippen LogP contribution in [0.5, 0.6) is 0 Å². The van der Waals surface area contributed by atoms with Crippen LogP contribution in [0.2, 0.25) is 0 Å². The van der Waals surface area contributed by atoms with Gasteiger partial charge in [-0.25, -0.2) is 4.79 Å². The van der Waals surface area contributed by atoms with Crippen LogP contribution in [0.4, 0.5) is 0 Å². The zero-order valence-electron chi connectivity index (χ0n) is 11.3. The van der Waals surface area contributed by atoms with Crippen LogP contribution in [-0.4, -0.2) is 19.7 Å². The Morgan fingerprint density at radius 3 is 2.90 bits per heavy atom. The van der Waals surface area contributed by atoms with Gasteiger partial charge in [0.15, 0.2) is 0 Å². The van der Waals surface area contributed by atoms with Gasteiger partial charge in [0.2, 0.25) is 0 Å². The lowest BCUT2D eigenvalue weighted by molar-refractivity contribution is 0.581. The SMILES string of the molecule is CCn1nccc1CNCc1ccc2[nH]c(=O)[nH]c2c1. The summed E-state index contributed by atoms with van der Waals surface area (Å²) >= 11 is 0. The van der Waals surface area contributed by atoms with Crippen LogP contribution in [0.3, 0.4) is 0 Å². The highest BCUT2D eigenvalue weighted by molar-refractivity contribution is 5.74. The Morgan fingerprint density at radius 1 is 1.20 bits per heavy atom. The Balaban J connectivity index is 1.66. The average molecular weight is 271 g/mol. The van der Waals surface area contributed by atoms with Crippen LogP contribution < -0.4 is 11.0 Å². The molecule has 3 aromatic rings. The minimum absolute atomic E-state index is 0.169. The average Bonchev–Trinajstić information content (AvgIpc) is 3.03. The summed E-state index contributed by atoms with van der Waals surface area (Å²) in [6.45, 7) is 4.47. The van der Waals surface area contributed by atoms with Crippen LogP contribution in [0.25, 0.3) is 11.0 Å². The molecule has 20 heavy (non-hydrogen) atoms. The van der Waals surface area contributed by atoms with Crippen LogP contribution in [-0.2, 0) is 19.6 Å². The minimum atomic E-state index is -0.169. The van der Waals surface area contributed by atoms with Gasteiger partial charge >= 0.3 is 5.69 Å². The van der Waals surface area contributed by atoms with Gasteiger partial charge in [0.1, 0.15) is 0 Å². The Labute approximate surface area is 115 Å². The predicted molar refractivity (Wildman–Crippen MR) is 77.4 cm³/mol. The van der Waals surface area contributed by atoms with E-state index in [0.29, 0.717) is 0 Å². The van der Waals surface area contributed by atoms with Gasteiger partial charge < -0.3 is 15.3 Å². The first-order valence-electron chi connectivity index (χ1n) is 6.68. The highest BCUT2D eigenvalue weighted by atomic mass is 16.1. The molecule has 0 fully saturated rings. The van der Waals surface area contributed by atoms with E-state index in [0.717, 1.165) is 36.2 Å². The summed E-state index contributed by atoms with van der Waals surface area (Å²) in [5, 5.41) is 7.62. The third-order valence-corrected chi connectivity index (χ3v) is 3.32. The summed E-state index contributed by atoms with van der Waals surface area (Å²) in [6, 6.07) is 7.93. The normalized spacial score (nSPS) is 11.2. The molecule has 6 nitrogen and oxygen atoms in total. The van der Waals surface area contributed by atoms with Crippen molar-refractivity contribution in [3.05, 3.63) is 52.2 Å². The number of fused-ring (bicyclic) bond motifs is 1. The first kappa shape index (κ1) is 12.7. The summed E-state index contributed by atoms with van der Waals surface area (Å²) in [7, 11) is 0. The van der Waals surface area contributed by atoms with Gasteiger partial charge in [-0.15, -0.1) is 0 Å². The van der Waals surface area contributed by atoms with Crippen molar-refractivity contribution < 1.29 is 0 Å². The molecule has 0 radical (unpaired) electrons. The highest BCUT2D eigenvalue weighted by Crippen LogP contribution is 2.10. The van der Waals surface area contributed by atoms with Crippen molar-refractivity contribution >= 4 is 11.0 Å². The number of imidazole rings is 1. The van der Waals surface area contributed by atoms with Crippen molar-refractivity contribution in [1.82, 2.24) is 25.1 Å². The molecule has 0 aliphatic carbocycles. The molecule has 3 N–H and O–H groups in total. The Hall–Kier alpha value is -2.34. The predicted octanol–water partition coefficient (Wildman–Crippen LogP) is 1.36. The third-order valence-electron chi connectivity index (χ3n) is 3.32. The fraction of sp³-hybridized carbons (Fsp3) is 0.286. The van der Waals surface area contributed by atoms with E-state index in [9.17, 15) is 4.79 Å². The van der Waals surface area contributed by atoms with Crippen LogP contribution in [0.1, 0.15) is 18.2 Å². The summed E-state index contributed by atoms with van der Waals surface area (Å²) in [5.74, 6) is 0. The number of nitrogens with zero attached hydrogens (tertiary/aromatic N) is 2. The molecule has 0 aliphatic heterocycles. The molecule has 0 unspecified atom stereocenters. The Kier molecular flexibility index (Phi) is 3.39. The summed E-state index contributed by atoms with van der Waals surface area (Å²) < 4.78 is 1.97. The molecule has 0 saturated heterocycles. The van der Waals surface area contributed by atoms with Crippen LogP contribution in [0, 0.1) is 0 Å². The van der Waals surface area contributed by atoms with Crippen molar-refractivity contribution in [2.24, 2.45) is 0 Å². The van der Waals surface area contributed by atoms with Gasteiger partial charge in [-0.2, -0.15) is 5.10 Å². The highest BCUT2D eigenvalue weighted by Gasteiger charge is 2.02. The second kappa shape index (κ2) is 5.34. The number of benzene rings is 1. The van der Waals surface area contributed by atoms with E-state index in [-0.39, 0.29) is 5.69 Å². The summed E-state index contributed by atoms with van der Waals surface area (Å²) in [4.78, 5) is 16.7. The lowest BCUT2D eigenvalue weighted by Crippen LogP contribution is -2.16. The molecule has 6 heteroatoms. The molecule has 104 valence electrons. The van der Waals surface area contributed by atoms with Crippen molar-refractivity contribution in [2.45, 2.75) is 26.6 Å². The molecule has 3 rings (SSSR count). The zero-order valence-corrected chi connectivity index (χ0v) is 11.3. The fourth-order valence-electron chi connectivity index (χ4n) is 2.32. The van der Waals surface area contributed by atoms with E-state index in [1.165, 1.54) is 5.69 Å². The number of aromatic nitrogens is 4. The van der Waals surface area contributed by atoms with E-state index >= 15 is 0 Å². The molecular formula is C14H17N5O. The third kappa shape index (κ3) is 2.50. The van der Waals surface area contributed by atoms with E-state index < -0.39 is 0 Å². The Bertz CT molecular complexity index is 767. The number of aromatic amines is 2. The van der Waals surface area contributed by atoms with Gasteiger partial charge in [0, 0.05) is 25.8 Å². The number of hydrogen-bond donors (Lipinski definition) is 3. The zero-order chi connectivity index (χ0) is 13.9. The largest absolute Gasteiger partial charge is 0.323 e. The van der Waals surface area contributed by atoms with Crippen LogP contribution in [0.15, 0.2) is 35.3 Å². The van der Waals surface area contributed by atoms with E-state index in [4.69, 9.17) is 0 Å². The van der Waals surface area contributed by atoms with Gasteiger partial charge in [0.25, 0.3) is 0 Å². The van der Waals surface area contributed by atoms with Gasteiger partial charge in [-0.3, -0.25) is 4.68 Å². The van der Waals surface area contributed by atoms with Gasteiger partial charge in [0.05, 0.1) is 16.7 Å². The summed E-state index contributed by atoms with van der Waals surface area (Å²) in [6.07, 6.45) is 1.82. The van der Waals surface area contributed by atoms with Gasteiger partial charge in [-0.05, 0) is 30.7 Å². The van der Waals surface area contributed by atoms with Crippen molar-refractivity contribution in [2.75, 3.05) is 0 Å². The molecule has 0 bridgehead atoms. The van der Waals surface area contributed by atoms with E-state index in [1.54, 1.807) is 0 Å². The topological polar surface area (TPSA) is 78.5 Å². The molecule has 0 atom stereocenters. The lowest BCUT2D eigenvalue weighted by atomic mass is 10.2. The van der Waals surface area contributed by atoms with Crippen LogP contribution >= 0.6 is 0 Å². The van der Waals surface area contributed by atoms with Crippen molar-refractivity contribution in [3.63, 3.8) is 0 Å². The molecule has 0 aliphatic rings. The number of aryl methyl sites for hydroxylation is 1. The molecule has 0 saturated carbocycles. The number of rotatable bonds is 5. The lowest BCUT2D eigenvalue weighted by Gasteiger charge is -2.07. The first-order valence-corrected chi connectivity index (χ1v) is 6.68. The molecule has 1 aromatic carbocycles. The molecular weight excluding hydrogens is 254 g/mol. The number of H-pyrrole nitrogens is 2. The quantitative estimate of drug-likeness (QED) is 0.655. The first-order chi connectivity index (χ1) is 9.76. The van der Waals surface area contributed by atoms with Gasteiger partial charge in [-0.1, -0.05) is 6.07 Å². The van der Waals surface area contributed by atoms with Crippen molar-refractivity contribution in [3.8, 4) is 0 Å². The Morgan fingerprint density at radius 2 is 2.05 bits per heavy atom. The molecule has 2 aromatic heterocycles.